The minimum atomic E-state index is -1.16. The van der Waals surface area contributed by atoms with Crippen LogP contribution in [0.2, 0.25) is 0 Å². The van der Waals surface area contributed by atoms with E-state index in [0.717, 1.165) is 22.2 Å². The Morgan fingerprint density at radius 2 is 1.56 bits per heavy atom. The van der Waals surface area contributed by atoms with Crippen molar-refractivity contribution in [3.05, 3.63) is 29.8 Å². The molecule has 0 bridgehead atoms. The van der Waals surface area contributed by atoms with Crippen molar-refractivity contribution in [2.45, 2.75) is 17.4 Å². The number of hydrogen-bond donors (Lipinski definition) is 3. The number of hydrogen-bond acceptors (Lipinski definition) is 7. The highest BCUT2D eigenvalue weighted by atomic mass is 32.2. The van der Waals surface area contributed by atoms with Crippen LogP contribution in [0.1, 0.15) is 5.56 Å². The highest BCUT2D eigenvalue weighted by Gasteiger charge is 2.25. The number of carbonyl (C=O) groups is 3. The summed E-state index contributed by atoms with van der Waals surface area (Å²) in [6.07, 6.45) is 0.335. The van der Waals surface area contributed by atoms with Gasteiger partial charge in [-0.05, 0) is 42.9 Å². The van der Waals surface area contributed by atoms with Crippen LogP contribution < -0.4 is 0 Å². The first-order chi connectivity index (χ1) is 12.7. The summed E-state index contributed by atoms with van der Waals surface area (Å²) in [5, 5.41) is 37.8. The Kier molecular flexibility index (Phi) is 9.29. The van der Waals surface area contributed by atoms with E-state index in [1.54, 1.807) is 31.3 Å². The van der Waals surface area contributed by atoms with Gasteiger partial charge >= 0.3 is 17.9 Å². The molecule has 0 aliphatic rings. The van der Waals surface area contributed by atoms with E-state index in [9.17, 15) is 14.4 Å². The van der Waals surface area contributed by atoms with E-state index >= 15 is 0 Å². The molecule has 0 aliphatic carbocycles. The summed E-state index contributed by atoms with van der Waals surface area (Å²) in [4.78, 5) is 36.8. The third-order valence-corrected chi connectivity index (χ3v) is 4.28. The molecule has 1 aromatic carbocycles. The molecule has 0 heterocycles. The molecule has 0 spiro atoms. The predicted molar refractivity (Wildman–Crippen MR) is 97.4 cm³/mol. The summed E-state index contributed by atoms with van der Waals surface area (Å²) >= 11 is 1.01. The molecule has 0 saturated heterocycles. The van der Waals surface area contributed by atoms with Crippen molar-refractivity contribution in [1.82, 2.24) is 9.80 Å². The van der Waals surface area contributed by atoms with Crippen molar-refractivity contribution in [1.29, 1.82) is 5.26 Å². The van der Waals surface area contributed by atoms with Gasteiger partial charge in [-0.2, -0.15) is 5.26 Å². The molecule has 0 fully saturated rings. The van der Waals surface area contributed by atoms with E-state index in [0.29, 0.717) is 6.42 Å². The fraction of sp³-hybridized carbons (Fsp3) is 0.412. The van der Waals surface area contributed by atoms with Gasteiger partial charge in [-0.15, -0.1) is 0 Å². The lowest BCUT2D eigenvalue weighted by Gasteiger charge is -2.32. The maximum atomic E-state index is 11.2. The normalized spacial score (nSPS) is 11.9. The first-order valence-electron chi connectivity index (χ1n) is 7.94. The number of nitrogens with zero attached hydrogens (tertiary/aromatic N) is 3. The molecule has 0 saturated carbocycles. The summed E-state index contributed by atoms with van der Waals surface area (Å²) < 4.78 is 0. The molecule has 0 radical (unpaired) electrons. The predicted octanol–water partition coefficient (Wildman–Crippen LogP) is 0.658. The maximum absolute atomic E-state index is 11.2. The molecule has 1 atom stereocenters. The smallest absolute Gasteiger partial charge is 0.317 e. The van der Waals surface area contributed by atoms with Gasteiger partial charge in [0.25, 0.3) is 0 Å². The summed E-state index contributed by atoms with van der Waals surface area (Å²) in [5.41, 5.74) is 0.826. The van der Waals surface area contributed by atoms with Crippen LogP contribution in [-0.4, -0.2) is 82.3 Å². The Bertz CT molecular complexity index is 688. The van der Waals surface area contributed by atoms with Crippen molar-refractivity contribution in [2.24, 2.45) is 0 Å². The quantitative estimate of drug-likeness (QED) is 0.341. The van der Waals surface area contributed by atoms with E-state index in [4.69, 9.17) is 20.6 Å². The number of thioether (sulfide) groups is 1. The van der Waals surface area contributed by atoms with Crippen molar-refractivity contribution in [3.8, 4) is 5.40 Å². The SMILES string of the molecule is CN(CC(=O)O)C[C@@H](Cc1ccc(SC#N)cc1)N(CC(=O)O)CC(=O)O. The van der Waals surface area contributed by atoms with Gasteiger partial charge in [0.15, 0.2) is 0 Å². The van der Waals surface area contributed by atoms with Crippen LogP contribution >= 0.6 is 11.8 Å². The zero-order chi connectivity index (χ0) is 20.4. The Labute approximate surface area is 160 Å². The van der Waals surface area contributed by atoms with Gasteiger partial charge < -0.3 is 15.3 Å². The van der Waals surface area contributed by atoms with Crippen LogP contribution in [0.5, 0.6) is 0 Å². The number of likely N-dealkylation sites (N-methyl/N-ethyl adjacent to an activating group) is 1. The zero-order valence-corrected chi connectivity index (χ0v) is 15.6. The Hall–Kier alpha value is -2.61. The summed E-state index contributed by atoms with van der Waals surface area (Å²) in [6, 6.07) is 6.55. The van der Waals surface area contributed by atoms with Crippen LogP contribution in [-0.2, 0) is 20.8 Å². The fourth-order valence-corrected chi connectivity index (χ4v) is 3.02. The summed E-state index contributed by atoms with van der Waals surface area (Å²) in [7, 11) is 1.58. The third-order valence-electron chi connectivity index (χ3n) is 3.68. The van der Waals surface area contributed by atoms with E-state index in [1.165, 1.54) is 9.80 Å². The number of nitriles is 1. The fourth-order valence-electron chi connectivity index (χ4n) is 2.64. The molecular formula is C17H21N3O6S. The van der Waals surface area contributed by atoms with E-state index in [-0.39, 0.29) is 13.1 Å². The zero-order valence-electron chi connectivity index (χ0n) is 14.7. The average Bonchev–Trinajstić information content (AvgIpc) is 2.54. The minimum absolute atomic E-state index is 0.182. The number of thiocyanates is 1. The molecule has 3 N–H and O–H groups in total. The van der Waals surface area contributed by atoms with Gasteiger partial charge in [-0.1, -0.05) is 12.1 Å². The Morgan fingerprint density at radius 1 is 1.04 bits per heavy atom. The van der Waals surface area contributed by atoms with Crippen molar-refractivity contribution in [2.75, 3.05) is 33.2 Å². The first kappa shape index (κ1) is 22.4. The van der Waals surface area contributed by atoms with Crippen molar-refractivity contribution < 1.29 is 29.7 Å². The molecule has 0 aliphatic heterocycles. The summed E-state index contributed by atoms with van der Waals surface area (Å²) in [6.45, 7) is -1.01. The number of benzene rings is 1. The molecular weight excluding hydrogens is 374 g/mol. The lowest BCUT2D eigenvalue weighted by atomic mass is 10.0. The van der Waals surface area contributed by atoms with Crippen molar-refractivity contribution >= 4 is 29.7 Å². The van der Waals surface area contributed by atoms with Gasteiger partial charge in [0.1, 0.15) is 5.40 Å². The van der Waals surface area contributed by atoms with Gasteiger partial charge in [-0.25, -0.2) is 0 Å². The molecule has 0 unspecified atom stereocenters. The van der Waals surface area contributed by atoms with Gasteiger partial charge in [-0.3, -0.25) is 24.2 Å². The number of aliphatic carboxylic acids is 3. The standard InChI is InChI=1S/C17H21N3O6S/c1-19(8-15(21)22)7-13(20(9-16(23)24)10-17(25)26)6-12-2-4-14(5-3-12)27-11-18/h2-5,13H,6-10H2,1H3,(H,21,22)(H,23,24)(H,25,26)/t13-/m1/s1. The van der Waals surface area contributed by atoms with Crippen molar-refractivity contribution in [3.63, 3.8) is 0 Å². The monoisotopic (exact) mass is 395 g/mol. The second-order valence-electron chi connectivity index (χ2n) is 5.98. The molecule has 0 aromatic heterocycles. The average molecular weight is 395 g/mol. The van der Waals surface area contributed by atoms with Crippen LogP contribution in [0.25, 0.3) is 0 Å². The van der Waals surface area contributed by atoms with Gasteiger partial charge in [0.2, 0.25) is 0 Å². The third kappa shape index (κ3) is 9.05. The molecule has 0 amide bonds. The molecule has 9 nitrogen and oxygen atoms in total. The van der Waals surface area contributed by atoms with Crippen LogP contribution in [0.4, 0.5) is 0 Å². The number of carboxylic acid groups (broad SMARTS) is 3. The topological polar surface area (TPSA) is 142 Å². The van der Waals surface area contributed by atoms with Gasteiger partial charge in [0, 0.05) is 17.5 Å². The highest BCUT2D eigenvalue weighted by Crippen LogP contribution is 2.18. The lowest BCUT2D eigenvalue weighted by molar-refractivity contribution is -0.144. The largest absolute Gasteiger partial charge is 0.480 e. The molecule has 1 aromatic rings. The Balaban J connectivity index is 3.02. The molecule has 10 heteroatoms. The first-order valence-corrected chi connectivity index (χ1v) is 8.75. The minimum Gasteiger partial charge on any atom is -0.480 e. The molecule has 1 rings (SSSR count). The number of rotatable bonds is 12. The highest BCUT2D eigenvalue weighted by molar-refractivity contribution is 8.03. The summed E-state index contributed by atoms with van der Waals surface area (Å²) in [5.74, 6) is -3.36. The number of carboxylic acids is 3. The van der Waals surface area contributed by atoms with Crippen LogP contribution in [0.15, 0.2) is 29.2 Å². The molecule has 27 heavy (non-hydrogen) atoms. The maximum Gasteiger partial charge on any atom is 0.317 e. The van der Waals surface area contributed by atoms with Crippen LogP contribution in [0.3, 0.4) is 0 Å². The Morgan fingerprint density at radius 3 is 2.00 bits per heavy atom. The molecule has 146 valence electrons. The van der Waals surface area contributed by atoms with E-state index < -0.39 is 37.0 Å². The van der Waals surface area contributed by atoms with E-state index in [1.807, 2.05) is 5.40 Å². The second-order valence-corrected chi connectivity index (χ2v) is 6.84. The second kappa shape index (κ2) is 11.2. The lowest BCUT2D eigenvalue weighted by Crippen LogP contribution is -2.49. The van der Waals surface area contributed by atoms with E-state index in [2.05, 4.69) is 0 Å². The van der Waals surface area contributed by atoms with Gasteiger partial charge in [0.05, 0.1) is 19.6 Å². The van der Waals surface area contributed by atoms with Crippen LogP contribution in [0, 0.1) is 10.7 Å².